The van der Waals surface area contributed by atoms with E-state index in [1.807, 2.05) is 24.3 Å². The molecule has 3 unspecified atom stereocenters. The standard InChI is InChI=1S/C20H25N3O4/c1-21-15-8-4-5-9-16(15)22(20(21)27)11-10-18(24)23-14-7-3-2-6-13(14)12-17(23)19(25)26/h4-5,8-9,13-14,17H,2-3,6-7,10-12H2,1H3,(H,25,26). The molecule has 2 heterocycles. The zero-order chi connectivity index (χ0) is 19.1. The van der Waals surface area contributed by atoms with Crippen LogP contribution in [0.25, 0.3) is 11.0 Å². The first kappa shape index (κ1) is 17.8. The van der Waals surface area contributed by atoms with Crippen molar-refractivity contribution in [3.63, 3.8) is 0 Å². The van der Waals surface area contributed by atoms with Crippen molar-refractivity contribution in [3.8, 4) is 0 Å². The lowest BCUT2D eigenvalue weighted by Gasteiger charge is -2.33. The Morgan fingerprint density at radius 2 is 1.85 bits per heavy atom. The Hall–Kier alpha value is -2.57. The first-order chi connectivity index (χ1) is 13.0. The fourth-order valence-corrected chi connectivity index (χ4v) is 4.96. The van der Waals surface area contributed by atoms with E-state index < -0.39 is 12.0 Å². The lowest BCUT2D eigenvalue weighted by atomic mass is 9.84. The first-order valence-electron chi connectivity index (χ1n) is 9.67. The summed E-state index contributed by atoms with van der Waals surface area (Å²) in [5, 5.41) is 9.60. The molecule has 2 aromatic rings. The zero-order valence-corrected chi connectivity index (χ0v) is 15.5. The molecule has 0 radical (unpaired) electrons. The van der Waals surface area contributed by atoms with Crippen molar-refractivity contribution in [2.45, 2.75) is 57.2 Å². The average Bonchev–Trinajstić information content (AvgIpc) is 3.17. The lowest BCUT2D eigenvalue weighted by Crippen LogP contribution is -2.46. The Kier molecular flexibility index (Phi) is 4.53. The predicted octanol–water partition coefficient (Wildman–Crippen LogP) is 1.97. The van der Waals surface area contributed by atoms with E-state index in [4.69, 9.17) is 0 Å². The zero-order valence-electron chi connectivity index (χ0n) is 15.5. The largest absolute Gasteiger partial charge is 0.480 e. The smallest absolute Gasteiger partial charge is 0.328 e. The molecule has 0 spiro atoms. The van der Waals surface area contributed by atoms with Crippen LogP contribution in [0.4, 0.5) is 0 Å². The number of carboxylic acids is 1. The number of aryl methyl sites for hydroxylation is 2. The molecular weight excluding hydrogens is 346 g/mol. The number of nitrogens with zero attached hydrogens (tertiary/aromatic N) is 3. The van der Waals surface area contributed by atoms with Crippen LogP contribution in [-0.2, 0) is 23.2 Å². The third kappa shape index (κ3) is 2.95. The monoisotopic (exact) mass is 371 g/mol. The van der Waals surface area contributed by atoms with Crippen LogP contribution in [0, 0.1) is 5.92 Å². The second-order valence-corrected chi connectivity index (χ2v) is 7.73. The fraction of sp³-hybridized carbons (Fsp3) is 0.550. The number of carboxylic acid groups (broad SMARTS) is 1. The number of aliphatic carboxylic acids is 1. The van der Waals surface area contributed by atoms with E-state index in [2.05, 4.69) is 0 Å². The summed E-state index contributed by atoms with van der Waals surface area (Å²) in [5.41, 5.74) is 1.46. The topological polar surface area (TPSA) is 84.5 Å². The summed E-state index contributed by atoms with van der Waals surface area (Å²) >= 11 is 0. The molecule has 1 N–H and O–H groups in total. The van der Waals surface area contributed by atoms with Crippen LogP contribution in [0.3, 0.4) is 0 Å². The molecule has 1 aromatic heterocycles. The van der Waals surface area contributed by atoms with E-state index in [1.54, 1.807) is 21.1 Å². The summed E-state index contributed by atoms with van der Waals surface area (Å²) in [6.45, 7) is 0.263. The number of benzene rings is 1. The van der Waals surface area contributed by atoms with Gasteiger partial charge in [-0.25, -0.2) is 9.59 Å². The highest BCUT2D eigenvalue weighted by molar-refractivity contribution is 5.85. The fourth-order valence-electron chi connectivity index (χ4n) is 4.96. The van der Waals surface area contributed by atoms with E-state index in [-0.39, 0.29) is 30.6 Å². The van der Waals surface area contributed by atoms with E-state index in [9.17, 15) is 19.5 Å². The molecule has 4 rings (SSSR count). The predicted molar refractivity (Wildman–Crippen MR) is 100 cm³/mol. The van der Waals surface area contributed by atoms with Crippen molar-refractivity contribution in [2.75, 3.05) is 0 Å². The van der Waals surface area contributed by atoms with Gasteiger partial charge in [-0.1, -0.05) is 25.0 Å². The Morgan fingerprint density at radius 3 is 2.59 bits per heavy atom. The van der Waals surface area contributed by atoms with Crippen LogP contribution < -0.4 is 5.69 Å². The van der Waals surface area contributed by atoms with Gasteiger partial charge in [0.2, 0.25) is 5.91 Å². The highest BCUT2D eigenvalue weighted by Crippen LogP contribution is 2.40. The number of likely N-dealkylation sites (tertiary alicyclic amines) is 1. The van der Waals surface area contributed by atoms with Crippen LogP contribution in [0.15, 0.2) is 29.1 Å². The minimum atomic E-state index is -0.917. The molecule has 1 saturated carbocycles. The number of carbonyl (C=O) groups excluding carboxylic acids is 1. The van der Waals surface area contributed by atoms with Gasteiger partial charge in [0.25, 0.3) is 0 Å². The molecule has 1 aromatic carbocycles. The summed E-state index contributed by atoms with van der Waals surface area (Å²) in [4.78, 5) is 38.8. The normalized spacial score (nSPS) is 24.9. The molecule has 2 aliphatic rings. The van der Waals surface area contributed by atoms with Gasteiger partial charge in [0, 0.05) is 26.1 Å². The number of hydrogen-bond acceptors (Lipinski definition) is 3. The van der Waals surface area contributed by atoms with Gasteiger partial charge in [-0.15, -0.1) is 0 Å². The van der Waals surface area contributed by atoms with Crippen LogP contribution >= 0.6 is 0 Å². The Labute approximate surface area is 157 Å². The van der Waals surface area contributed by atoms with Crippen molar-refractivity contribution in [2.24, 2.45) is 13.0 Å². The van der Waals surface area contributed by atoms with Crippen molar-refractivity contribution in [3.05, 3.63) is 34.7 Å². The number of hydrogen-bond donors (Lipinski definition) is 1. The minimum Gasteiger partial charge on any atom is -0.480 e. The maximum atomic E-state index is 13.0. The molecule has 0 bridgehead atoms. The number of imidazole rings is 1. The van der Waals surface area contributed by atoms with E-state index >= 15 is 0 Å². The molecule has 1 aliphatic carbocycles. The van der Waals surface area contributed by atoms with Gasteiger partial charge < -0.3 is 10.0 Å². The lowest BCUT2D eigenvalue weighted by molar-refractivity contribution is -0.150. The van der Waals surface area contributed by atoms with Gasteiger partial charge >= 0.3 is 11.7 Å². The third-order valence-electron chi connectivity index (χ3n) is 6.26. The Morgan fingerprint density at radius 1 is 1.15 bits per heavy atom. The van der Waals surface area contributed by atoms with E-state index in [1.165, 1.54) is 0 Å². The van der Waals surface area contributed by atoms with E-state index in [0.29, 0.717) is 12.3 Å². The summed E-state index contributed by atoms with van der Waals surface area (Å²) in [6, 6.07) is 6.80. The van der Waals surface area contributed by atoms with Crippen LogP contribution in [0.1, 0.15) is 38.5 Å². The van der Waals surface area contributed by atoms with Gasteiger partial charge in [-0.2, -0.15) is 0 Å². The van der Waals surface area contributed by atoms with Gasteiger partial charge in [-0.05, 0) is 37.3 Å². The number of amides is 1. The summed E-state index contributed by atoms with van der Waals surface area (Å²) in [7, 11) is 1.72. The quantitative estimate of drug-likeness (QED) is 0.891. The molecule has 7 heteroatoms. The van der Waals surface area contributed by atoms with Crippen molar-refractivity contribution in [1.29, 1.82) is 0 Å². The second-order valence-electron chi connectivity index (χ2n) is 7.73. The number of fused-ring (bicyclic) bond motifs is 2. The molecule has 1 amide bonds. The van der Waals surface area contributed by atoms with Gasteiger partial charge in [0.1, 0.15) is 6.04 Å². The number of para-hydroxylation sites is 2. The number of carbonyl (C=O) groups is 2. The van der Waals surface area contributed by atoms with E-state index in [0.717, 1.165) is 36.7 Å². The Balaban J connectivity index is 1.56. The van der Waals surface area contributed by atoms with Gasteiger partial charge in [0.05, 0.1) is 11.0 Å². The summed E-state index contributed by atoms with van der Waals surface area (Å²) in [6.07, 6.45) is 4.73. The summed E-state index contributed by atoms with van der Waals surface area (Å²) in [5.74, 6) is -0.777. The molecule has 27 heavy (non-hydrogen) atoms. The molecule has 1 saturated heterocycles. The number of aromatic nitrogens is 2. The van der Waals surface area contributed by atoms with Crippen LogP contribution in [0.5, 0.6) is 0 Å². The average molecular weight is 371 g/mol. The third-order valence-corrected chi connectivity index (χ3v) is 6.26. The molecular formula is C20H25N3O4. The highest BCUT2D eigenvalue weighted by Gasteiger charge is 2.47. The van der Waals surface area contributed by atoms with Gasteiger partial charge in [-0.3, -0.25) is 13.9 Å². The summed E-state index contributed by atoms with van der Waals surface area (Å²) < 4.78 is 3.18. The highest BCUT2D eigenvalue weighted by atomic mass is 16.4. The maximum Gasteiger partial charge on any atom is 0.328 e. The number of rotatable bonds is 4. The molecule has 2 fully saturated rings. The maximum absolute atomic E-state index is 13.0. The Bertz CT molecular complexity index is 944. The van der Waals surface area contributed by atoms with Crippen molar-refractivity contribution < 1.29 is 14.7 Å². The molecule has 7 nitrogen and oxygen atoms in total. The van der Waals surface area contributed by atoms with Crippen LogP contribution in [0.2, 0.25) is 0 Å². The molecule has 1 aliphatic heterocycles. The first-order valence-corrected chi connectivity index (χ1v) is 9.67. The minimum absolute atomic E-state index is 0.0385. The molecule has 144 valence electrons. The van der Waals surface area contributed by atoms with Crippen molar-refractivity contribution in [1.82, 2.24) is 14.0 Å². The van der Waals surface area contributed by atoms with Crippen LogP contribution in [-0.4, -0.2) is 43.1 Å². The van der Waals surface area contributed by atoms with Gasteiger partial charge in [0.15, 0.2) is 0 Å². The second kappa shape index (κ2) is 6.87. The SMILES string of the molecule is Cn1c(=O)n(CCC(=O)N2C(C(=O)O)CC3CCCCC32)c2ccccc21. The van der Waals surface area contributed by atoms with Crippen molar-refractivity contribution >= 4 is 22.9 Å². The molecule has 3 atom stereocenters.